The highest BCUT2D eigenvalue weighted by Gasteiger charge is 2.08. The van der Waals surface area contributed by atoms with Crippen LogP contribution in [0.1, 0.15) is 5.56 Å². The fraction of sp³-hybridized carbons (Fsp3) is 0.143. The Kier molecular flexibility index (Phi) is 4.00. The SMILES string of the molecule is OB(O)c1ccc(CNI)cc1. The third-order valence-corrected chi connectivity index (χ3v) is 1.93. The largest absolute Gasteiger partial charge is 0.488 e. The topological polar surface area (TPSA) is 52.5 Å². The lowest BCUT2D eigenvalue weighted by molar-refractivity contribution is 0.426. The molecule has 0 fully saturated rings. The van der Waals surface area contributed by atoms with Crippen molar-refractivity contribution in [1.29, 1.82) is 0 Å². The van der Waals surface area contributed by atoms with Crippen molar-refractivity contribution in [3.8, 4) is 0 Å². The van der Waals surface area contributed by atoms with Gasteiger partial charge in [-0.1, -0.05) is 24.3 Å². The lowest BCUT2D eigenvalue weighted by Gasteiger charge is -2.01. The van der Waals surface area contributed by atoms with Gasteiger partial charge >= 0.3 is 7.12 Å². The molecular weight excluding hydrogens is 268 g/mol. The summed E-state index contributed by atoms with van der Waals surface area (Å²) in [7, 11) is -1.37. The molecular formula is C7H9BINO2. The molecule has 0 saturated heterocycles. The Bertz CT molecular complexity index is 240. The van der Waals surface area contributed by atoms with E-state index in [1.54, 1.807) is 12.1 Å². The van der Waals surface area contributed by atoms with E-state index in [0.29, 0.717) is 5.46 Å². The summed E-state index contributed by atoms with van der Waals surface area (Å²) in [5.41, 5.74) is 1.64. The number of nitrogens with one attached hydrogen (secondary N) is 1. The maximum atomic E-state index is 8.78. The van der Waals surface area contributed by atoms with E-state index in [2.05, 4.69) is 26.4 Å². The average Bonchev–Trinajstić information content (AvgIpc) is 2.06. The molecule has 1 aromatic rings. The molecule has 12 heavy (non-hydrogen) atoms. The molecule has 64 valence electrons. The lowest BCUT2D eigenvalue weighted by atomic mass is 9.80. The predicted octanol–water partition coefficient (Wildman–Crippen LogP) is -0.194. The van der Waals surface area contributed by atoms with Gasteiger partial charge in [0.15, 0.2) is 0 Å². The van der Waals surface area contributed by atoms with Crippen LogP contribution < -0.4 is 8.99 Å². The Labute approximate surface area is 85.4 Å². The van der Waals surface area contributed by atoms with Gasteiger partial charge in [-0.05, 0) is 11.0 Å². The first kappa shape index (κ1) is 9.98. The molecule has 0 heterocycles. The van der Waals surface area contributed by atoms with Crippen molar-refractivity contribution in [1.82, 2.24) is 3.53 Å². The zero-order chi connectivity index (χ0) is 8.97. The second kappa shape index (κ2) is 4.81. The van der Waals surface area contributed by atoms with Crippen LogP contribution in [-0.2, 0) is 6.54 Å². The van der Waals surface area contributed by atoms with Crippen molar-refractivity contribution >= 4 is 35.4 Å². The Hall–Kier alpha value is -0.105. The van der Waals surface area contributed by atoms with Crippen molar-refractivity contribution in [2.24, 2.45) is 0 Å². The van der Waals surface area contributed by atoms with Crippen LogP contribution in [0.3, 0.4) is 0 Å². The summed E-state index contributed by atoms with van der Waals surface area (Å²) in [4.78, 5) is 0. The van der Waals surface area contributed by atoms with Crippen molar-refractivity contribution in [2.45, 2.75) is 6.54 Å². The second-order valence-electron chi connectivity index (χ2n) is 2.43. The van der Waals surface area contributed by atoms with Crippen LogP contribution in [0.2, 0.25) is 0 Å². The van der Waals surface area contributed by atoms with Gasteiger partial charge < -0.3 is 10.0 Å². The minimum Gasteiger partial charge on any atom is -0.423 e. The monoisotopic (exact) mass is 277 g/mol. The quantitative estimate of drug-likeness (QED) is 0.407. The van der Waals surface area contributed by atoms with Gasteiger partial charge in [0.05, 0.1) is 0 Å². The van der Waals surface area contributed by atoms with Gasteiger partial charge in [0.1, 0.15) is 0 Å². The molecule has 0 aliphatic carbocycles. The van der Waals surface area contributed by atoms with Crippen LogP contribution in [0.25, 0.3) is 0 Å². The van der Waals surface area contributed by atoms with Crippen molar-refractivity contribution < 1.29 is 10.0 Å². The van der Waals surface area contributed by atoms with E-state index >= 15 is 0 Å². The van der Waals surface area contributed by atoms with Gasteiger partial charge in [0, 0.05) is 29.4 Å². The molecule has 5 heteroatoms. The van der Waals surface area contributed by atoms with Crippen molar-refractivity contribution in [3.05, 3.63) is 29.8 Å². The zero-order valence-corrected chi connectivity index (χ0v) is 8.52. The van der Waals surface area contributed by atoms with Crippen LogP contribution in [0.4, 0.5) is 0 Å². The van der Waals surface area contributed by atoms with E-state index in [4.69, 9.17) is 10.0 Å². The standard InChI is InChI=1S/C7H9BINO2/c9-10-5-6-1-3-7(4-2-6)8(11)12/h1-4,10-12H,5H2. The summed E-state index contributed by atoms with van der Waals surface area (Å²) < 4.78 is 2.98. The van der Waals surface area contributed by atoms with E-state index in [0.717, 1.165) is 12.1 Å². The van der Waals surface area contributed by atoms with Gasteiger partial charge in [-0.2, -0.15) is 0 Å². The van der Waals surface area contributed by atoms with Gasteiger partial charge in [-0.3, -0.25) is 3.53 Å². The minimum absolute atomic E-state index is 0.521. The molecule has 0 saturated carbocycles. The normalized spacial score (nSPS) is 9.92. The minimum atomic E-state index is -1.37. The van der Waals surface area contributed by atoms with E-state index < -0.39 is 7.12 Å². The van der Waals surface area contributed by atoms with E-state index in [-0.39, 0.29) is 0 Å². The highest BCUT2D eigenvalue weighted by atomic mass is 127. The number of hydrogen-bond acceptors (Lipinski definition) is 3. The highest BCUT2D eigenvalue weighted by Crippen LogP contribution is 1.97. The first-order valence-electron chi connectivity index (χ1n) is 3.52. The van der Waals surface area contributed by atoms with E-state index in [1.165, 1.54) is 0 Å². The summed E-state index contributed by atoms with van der Waals surface area (Å²) in [5.74, 6) is 0. The number of halogens is 1. The molecule has 0 unspecified atom stereocenters. The fourth-order valence-electron chi connectivity index (χ4n) is 0.885. The molecule has 0 aliphatic heterocycles. The first-order valence-corrected chi connectivity index (χ1v) is 4.60. The van der Waals surface area contributed by atoms with Crippen LogP contribution in [0.5, 0.6) is 0 Å². The number of rotatable bonds is 3. The molecule has 0 spiro atoms. The van der Waals surface area contributed by atoms with Gasteiger partial charge in [-0.15, -0.1) is 0 Å². The molecule has 1 rings (SSSR count). The Morgan fingerprint density at radius 1 is 1.25 bits per heavy atom. The van der Waals surface area contributed by atoms with Gasteiger partial charge in [0.2, 0.25) is 0 Å². The molecule has 0 aliphatic rings. The second-order valence-corrected chi connectivity index (χ2v) is 3.19. The predicted molar refractivity (Wildman–Crippen MR) is 57.1 cm³/mol. The highest BCUT2D eigenvalue weighted by molar-refractivity contribution is 14.1. The zero-order valence-electron chi connectivity index (χ0n) is 6.37. The molecule has 0 radical (unpaired) electrons. The summed E-state index contributed by atoms with van der Waals surface area (Å²) in [6.07, 6.45) is 0. The van der Waals surface area contributed by atoms with Crippen LogP contribution in [0, 0.1) is 0 Å². The smallest absolute Gasteiger partial charge is 0.423 e. The Balaban J connectivity index is 2.71. The van der Waals surface area contributed by atoms with E-state index in [1.807, 2.05) is 12.1 Å². The summed E-state index contributed by atoms with van der Waals surface area (Å²) in [6.45, 7) is 0.780. The summed E-state index contributed by atoms with van der Waals surface area (Å²) in [5, 5.41) is 17.6. The van der Waals surface area contributed by atoms with Crippen molar-refractivity contribution in [3.63, 3.8) is 0 Å². The first-order chi connectivity index (χ1) is 5.74. The number of benzene rings is 1. The fourth-order valence-corrected chi connectivity index (χ4v) is 1.33. The molecule has 0 aromatic heterocycles. The lowest BCUT2D eigenvalue weighted by Crippen LogP contribution is -2.29. The molecule has 3 nitrogen and oxygen atoms in total. The summed E-state index contributed by atoms with van der Waals surface area (Å²) in [6, 6.07) is 7.13. The van der Waals surface area contributed by atoms with Crippen molar-refractivity contribution in [2.75, 3.05) is 0 Å². The van der Waals surface area contributed by atoms with Gasteiger partial charge in [-0.25, -0.2) is 0 Å². The molecule has 0 atom stereocenters. The van der Waals surface area contributed by atoms with Crippen LogP contribution >= 0.6 is 22.9 Å². The molecule has 0 amide bonds. The maximum Gasteiger partial charge on any atom is 0.488 e. The average molecular weight is 277 g/mol. The molecule has 3 N–H and O–H groups in total. The number of hydrogen-bond donors (Lipinski definition) is 3. The maximum absolute atomic E-state index is 8.78. The Morgan fingerprint density at radius 3 is 2.25 bits per heavy atom. The van der Waals surface area contributed by atoms with Crippen LogP contribution in [0.15, 0.2) is 24.3 Å². The molecule has 0 bridgehead atoms. The van der Waals surface area contributed by atoms with Crippen LogP contribution in [-0.4, -0.2) is 17.2 Å². The molecule has 1 aromatic carbocycles. The summed E-state index contributed by atoms with van der Waals surface area (Å²) >= 11 is 2.06. The third-order valence-electron chi connectivity index (χ3n) is 1.55. The van der Waals surface area contributed by atoms with E-state index in [9.17, 15) is 0 Å². The Morgan fingerprint density at radius 2 is 1.83 bits per heavy atom. The van der Waals surface area contributed by atoms with Gasteiger partial charge in [0.25, 0.3) is 0 Å². The third kappa shape index (κ3) is 2.74.